The normalized spacial score (nSPS) is 13.3. The van der Waals surface area contributed by atoms with Crippen molar-refractivity contribution < 1.29 is 51.5 Å². The van der Waals surface area contributed by atoms with Crippen LogP contribution in [0.3, 0.4) is 0 Å². The molecule has 366 valence electrons. The topological polar surface area (TPSA) is 180 Å². The summed E-state index contributed by atoms with van der Waals surface area (Å²) in [6.07, 6.45) is -1.78. The second-order valence-corrected chi connectivity index (χ2v) is 20.7. The Morgan fingerprint density at radius 2 is 1.30 bits per heavy atom. The molecule has 0 saturated heterocycles. The summed E-state index contributed by atoms with van der Waals surface area (Å²) in [6.45, 7) is 30.2. The summed E-state index contributed by atoms with van der Waals surface area (Å²) in [5.41, 5.74) is 2.23. The van der Waals surface area contributed by atoms with Gasteiger partial charge in [0.1, 0.15) is 6.04 Å². The highest BCUT2D eigenvalue weighted by Crippen LogP contribution is 2.55. The van der Waals surface area contributed by atoms with Crippen molar-refractivity contribution >= 4 is 75.9 Å². The number of aryl methyl sites for hydroxylation is 1. The van der Waals surface area contributed by atoms with Crippen LogP contribution in [-0.4, -0.2) is 67.5 Å². The molecule has 18 heteroatoms. The Labute approximate surface area is 397 Å². The lowest BCUT2D eigenvalue weighted by Crippen LogP contribution is -2.47. The predicted molar refractivity (Wildman–Crippen MR) is 265 cm³/mol. The molecular formula is C46H79N4O11PS2. The number of amides is 3. The number of hydrogen-bond donors (Lipinski definition) is 3. The molecule has 0 heterocycles. The van der Waals surface area contributed by atoms with Gasteiger partial charge >= 0.3 is 31.9 Å². The molecule has 0 aromatic heterocycles. The van der Waals surface area contributed by atoms with Crippen LogP contribution < -0.4 is 20.9 Å². The maximum absolute atomic E-state index is 13.6. The van der Waals surface area contributed by atoms with Gasteiger partial charge in [0, 0.05) is 24.7 Å². The number of phosphoric ester groups is 1. The van der Waals surface area contributed by atoms with Gasteiger partial charge in [0.05, 0.1) is 29.0 Å². The minimum Gasteiger partial charge on any atom is -0.425 e. The number of alkyl carbamates (subject to hydrolysis) is 1. The van der Waals surface area contributed by atoms with Gasteiger partial charge in [-0.2, -0.15) is 27.0 Å². The third-order valence-corrected chi connectivity index (χ3v) is 10.8. The van der Waals surface area contributed by atoms with E-state index < -0.39 is 74.0 Å². The molecule has 0 aliphatic heterocycles. The zero-order chi connectivity index (χ0) is 47.2. The Balaban J connectivity index is 0.0000198. The second kappa shape index (κ2) is 27.2. The number of ether oxygens (including phenoxy) is 3. The number of nitrogens with one attached hydrogen (secondary N) is 3. The standard InChI is InChI=1S/C46H75N4O11P.2H2S/c1-17-34(35-20-23-38(50(26-29(2)3)27-30(4)5)37(24-35)48-43(53)47-36-21-18-33(10)19-22-36)25-39(51)58-42(32(8)9)59-41(52)40(31(6)7)49-44(54)56-28-57-62(55,60-45(11,12)13)61-46(14,15)16;;/h18-24,29-32,34,40,42H,17,25-28H2,1-16H3,(H,49,54)(H2,47,48,53);2*1H2/t34-,40-,42?;;/m0../s1. The van der Waals surface area contributed by atoms with E-state index in [0.29, 0.717) is 29.6 Å². The lowest BCUT2D eigenvalue weighted by molar-refractivity contribution is -0.198. The van der Waals surface area contributed by atoms with E-state index in [1.54, 1.807) is 69.2 Å². The van der Waals surface area contributed by atoms with Gasteiger partial charge in [0.2, 0.25) is 13.1 Å². The Bertz CT molecular complexity index is 1790. The molecule has 3 amide bonds. The highest BCUT2D eigenvalue weighted by Gasteiger charge is 2.38. The van der Waals surface area contributed by atoms with E-state index in [1.807, 2.05) is 56.3 Å². The number of urea groups is 1. The van der Waals surface area contributed by atoms with Crippen molar-refractivity contribution in [3.63, 3.8) is 0 Å². The third kappa shape index (κ3) is 22.6. The molecule has 0 aliphatic carbocycles. The van der Waals surface area contributed by atoms with Crippen LogP contribution in [0, 0.1) is 30.6 Å². The largest absolute Gasteiger partial charge is 0.478 e. The zero-order valence-corrected chi connectivity index (χ0v) is 43.9. The fraction of sp³-hybridized carbons (Fsp3) is 0.652. The summed E-state index contributed by atoms with van der Waals surface area (Å²) < 4.78 is 46.2. The molecule has 1 unspecified atom stereocenters. The van der Waals surface area contributed by atoms with Crippen LogP contribution >= 0.6 is 34.8 Å². The van der Waals surface area contributed by atoms with E-state index in [1.165, 1.54) is 0 Å². The Morgan fingerprint density at radius 3 is 1.77 bits per heavy atom. The first-order valence-corrected chi connectivity index (χ1v) is 23.1. The maximum atomic E-state index is 13.6. The smallest absolute Gasteiger partial charge is 0.425 e. The Morgan fingerprint density at radius 1 is 0.750 bits per heavy atom. The van der Waals surface area contributed by atoms with Crippen LogP contribution in [0.4, 0.5) is 26.7 Å². The van der Waals surface area contributed by atoms with Gasteiger partial charge in [0.25, 0.3) is 0 Å². The molecule has 0 aliphatic rings. The number of hydrogen-bond acceptors (Lipinski definition) is 12. The van der Waals surface area contributed by atoms with Crippen LogP contribution in [0.25, 0.3) is 0 Å². The summed E-state index contributed by atoms with van der Waals surface area (Å²) in [7, 11) is -4.17. The van der Waals surface area contributed by atoms with Crippen LogP contribution in [-0.2, 0) is 41.9 Å². The SMILES string of the molecule is CC[C@@H](CC(=O)OC(OC(=O)[C@@H](NC(=O)OCOP(=O)(OC(C)(C)C)OC(C)(C)C)C(C)C)C(C)C)c1ccc(N(CC(C)C)CC(C)C)c(NC(=O)Nc2ccc(C)cc2)c1.S.S. The monoisotopic (exact) mass is 958 g/mol. The molecule has 2 rings (SSSR count). The second-order valence-electron chi connectivity index (χ2n) is 19.2. The molecule has 2 aromatic rings. The number of esters is 2. The molecule has 3 N–H and O–H groups in total. The number of nitrogens with zero attached hydrogens (tertiary/aromatic N) is 1. The van der Waals surface area contributed by atoms with E-state index >= 15 is 0 Å². The molecule has 0 spiro atoms. The van der Waals surface area contributed by atoms with E-state index in [-0.39, 0.29) is 39.3 Å². The molecule has 3 atom stereocenters. The summed E-state index contributed by atoms with van der Waals surface area (Å²) in [4.78, 5) is 55.6. The lowest BCUT2D eigenvalue weighted by atomic mass is 9.92. The number of carbonyl (C=O) groups is 4. The number of rotatable bonds is 22. The van der Waals surface area contributed by atoms with E-state index in [4.69, 9.17) is 27.8 Å². The number of anilines is 3. The van der Waals surface area contributed by atoms with E-state index in [2.05, 4.69) is 48.5 Å². The molecule has 0 bridgehead atoms. The number of phosphoric acid groups is 1. The lowest BCUT2D eigenvalue weighted by Gasteiger charge is -2.31. The minimum absolute atomic E-state index is 0. The third-order valence-electron chi connectivity index (χ3n) is 8.86. The van der Waals surface area contributed by atoms with Crippen molar-refractivity contribution in [2.24, 2.45) is 23.7 Å². The van der Waals surface area contributed by atoms with Gasteiger partial charge in [-0.3, -0.25) is 13.8 Å². The van der Waals surface area contributed by atoms with Crippen LogP contribution in [0.15, 0.2) is 42.5 Å². The van der Waals surface area contributed by atoms with Crippen molar-refractivity contribution in [2.45, 2.75) is 153 Å². The average Bonchev–Trinajstić information content (AvgIpc) is 3.10. The molecular weight excluding hydrogens is 880 g/mol. The Kier molecular flexibility index (Phi) is 25.8. The fourth-order valence-corrected chi connectivity index (χ4v) is 7.84. The number of benzene rings is 2. The molecule has 0 radical (unpaired) electrons. The van der Waals surface area contributed by atoms with Crippen LogP contribution in [0.1, 0.15) is 134 Å². The molecule has 0 fully saturated rings. The van der Waals surface area contributed by atoms with Crippen molar-refractivity contribution in [1.82, 2.24) is 5.32 Å². The van der Waals surface area contributed by atoms with Gasteiger partial charge in [-0.1, -0.05) is 86.1 Å². The average molecular weight is 959 g/mol. The predicted octanol–water partition coefficient (Wildman–Crippen LogP) is 11.4. The first-order valence-electron chi connectivity index (χ1n) is 21.6. The highest BCUT2D eigenvalue weighted by molar-refractivity contribution is 7.59. The van der Waals surface area contributed by atoms with Crippen molar-refractivity contribution in [3.8, 4) is 0 Å². The van der Waals surface area contributed by atoms with Crippen molar-refractivity contribution in [1.29, 1.82) is 0 Å². The zero-order valence-electron chi connectivity index (χ0n) is 41.0. The van der Waals surface area contributed by atoms with E-state index in [9.17, 15) is 23.7 Å². The first-order chi connectivity index (χ1) is 28.6. The first kappa shape index (κ1) is 60.5. The van der Waals surface area contributed by atoms with Crippen molar-refractivity contribution in [3.05, 3.63) is 53.6 Å². The molecule has 15 nitrogen and oxygen atoms in total. The van der Waals surface area contributed by atoms with Gasteiger partial charge < -0.3 is 35.1 Å². The quantitative estimate of drug-likeness (QED) is 0.0578. The summed E-state index contributed by atoms with van der Waals surface area (Å²) in [5, 5.41) is 8.46. The summed E-state index contributed by atoms with van der Waals surface area (Å²) in [5.74, 6) is -1.93. The van der Waals surface area contributed by atoms with Gasteiger partial charge in [0.15, 0.2) is 0 Å². The minimum atomic E-state index is -4.17. The van der Waals surface area contributed by atoms with Crippen LogP contribution in [0.5, 0.6) is 0 Å². The molecule has 0 saturated carbocycles. The summed E-state index contributed by atoms with van der Waals surface area (Å²) in [6, 6.07) is 11.8. The summed E-state index contributed by atoms with van der Waals surface area (Å²) >= 11 is 0. The molecule has 2 aromatic carbocycles. The molecule has 64 heavy (non-hydrogen) atoms. The van der Waals surface area contributed by atoms with Crippen molar-refractivity contribution in [2.75, 3.05) is 35.4 Å². The number of carbonyl (C=O) groups excluding carboxylic acids is 4. The van der Waals surface area contributed by atoms with Gasteiger partial charge in [-0.15, -0.1) is 0 Å². The van der Waals surface area contributed by atoms with Gasteiger partial charge in [-0.25, -0.2) is 23.5 Å². The van der Waals surface area contributed by atoms with Gasteiger partial charge in [-0.05, 0) is 108 Å². The van der Waals surface area contributed by atoms with E-state index in [0.717, 1.165) is 29.9 Å². The maximum Gasteiger partial charge on any atom is 0.478 e. The van der Waals surface area contributed by atoms with Crippen LogP contribution in [0.2, 0.25) is 0 Å². The Hall–Kier alpha value is -3.47. The fourth-order valence-electron chi connectivity index (χ4n) is 6.17. The highest BCUT2D eigenvalue weighted by atomic mass is 32.1.